The van der Waals surface area contributed by atoms with Gasteiger partial charge >= 0.3 is 0 Å². The molecule has 2 aromatic rings. The number of hydrogen-bond donors (Lipinski definition) is 2. The first kappa shape index (κ1) is 17.4. The van der Waals surface area contributed by atoms with Crippen molar-refractivity contribution in [2.45, 2.75) is 6.92 Å². The molecule has 3 N–H and O–H groups in total. The van der Waals surface area contributed by atoms with E-state index in [2.05, 4.69) is 15.5 Å². The molecule has 0 fully saturated rings. The maximum Gasteiger partial charge on any atom is 0.250 e. The smallest absolute Gasteiger partial charge is 0.250 e. The van der Waals surface area contributed by atoms with Crippen LogP contribution in [-0.4, -0.2) is 17.6 Å². The Morgan fingerprint density at radius 1 is 1.08 bits per heavy atom. The molecule has 5 nitrogen and oxygen atoms in total. The maximum absolute atomic E-state index is 11.8. The molecule has 0 aromatic heterocycles. The molecular formula is C18H17ClN4O. The van der Waals surface area contributed by atoms with Gasteiger partial charge in [0.05, 0.1) is 5.71 Å². The van der Waals surface area contributed by atoms with Crippen LogP contribution in [0.15, 0.2) is 70.9 Å². The Hall–Kier alpha value is -2.92. The molecule has 6 heteroatoms. The highest BCUT2D eigenvalue weighted by Crippen LogP contribution is 2.10. The Morgan fingerprint density at radius 2 is 1.75 bits per heavy atom. The minimum atomic E-state index is -0.376. The third kappa shape index (κ3) is 5.70. The third-order valence-electron chi connectivity index (χ3n) is 3.05. The van der Waals surface area contributed by atoms with Gasteiger partial charge in [-0.1, -0.05) is 54.1 Å². The molecule has 0 atom stereocenters. The van der Waals surface area contributed by atoms with E-state index in [0.717, 1.165) is 11.1 Å². The molecule has 0 aliphatic carbocycles. The molecule has 0 aliphatic rings. The van der Waals surface area contributed by atoms with Gasteiger partial charge in [-0.3, -0.25) is 10.1 Å². The SMILES string of the molecule is C/C(=N/N=C(\N)NC(=O)/C=C/c1ccccc1)c1ccc(Cl)cc1. The first-order valence-corrected chi connectivity index (χ1v) is 7.60. The van der Waals surface area contributed by atoms with Crippen LogP contribution in [0.2, 0.25) is 5.02 Å². The summed E-state index contributed by atoms with van der Waals surface area (Å²) in [5.41, 5.74) is 8.09. The average Bonchev–Trinajstić information content (AvgIpc) is 2.59. The summed E-state index contributed by atoms with van der Waals surface area (Å²) in [6.07, 6.45) is 3.07. The fourth-order valence-corrected chi connectivity index (χ4v) is 1.93. The maximum atomic E-state index is 11.8. The average molecular weight is 341 g/mol. The lowest BCUT2D eigenvalue weighted by atomic mass is 10.1. The van der Waals surface area contributed by atoms with Crippen LogP contribution in [0, 0.1) is 0 Å². The number of nitrogens with zero attached hydrogens (tertiary/aromatic N) is 2. The van der Waals surface area contributed by atoms with Gasteiger partial charge in [0.1, 0.15) is 0 Å². The van der Waals surface area contributed by atoms with Crippen LogP contribution in [0.3, 0.4) is 0 Å². The van der Waals surface area contributed by atoms with Crippen molar-refractivity contribution in [1.82, 2.24) is 5.32 Å². The van der Waals surface area contributed by atoms with E-state index in [0.29, 0.717) is 10.7 Å². The van der Waals surface area contributed by atoms with Crippen LogP contribution in [0.1, 0.15) is 18.1 Å². The number of benzene rings is 2. The number of hydrogen-bond acceptors (Lipinski definition) is 3. The quantitative estimate of drug-likeness (QED) is 0.388. The van der Waals surface area contributed by atoms with E-state index in [9.17, 15) is 4.79 Å². The number of nitrogens with one attached hydrogen (secondary N) is 1. The minimum absolute atomic E-state index is 0.0778. The fourth-order valence-electron chi connectivity index (χ4n) is 1.81. The van der Waals surface area contributed by atoms with E-state index >= 15 is 0 Å². The predicted molar refractivity (Wildman–Crippen MR) is 98.9 cm³/mol. The van der Waals surface area contributed by atoms with Crippen molar-refractivity contribution < 1.29 is 4.79 Å². The molecule has 2 rings (SSSR count). The van der Waals surface area contributed by atoms with Crippen LogP contribution in [0.25, 0.3) is 6.08 Å². The summed E-state index contributed by atoms with van der Waals surface area (Å²) in [6.45, 7) is 1.79. The molecule has 2 aromatic carbocycles. The van der Waals surface area contributed by atoms with Crippen molar-refractivity contribution in [1.29, 1.82) is 0 Å². The summed E-state index contributed by atoms with van der Waals surface area (Å²) in [7, 11) is 0. The van der Waals surface area contributed by atoms with E-state index in [-0.39, 0.29) is 11.9 Å². The molecule has 0 radical (unpaired) electrons. The Morgan fingerprint density at radius 3 is 2.42 bits per heavy atom. The Balaban J connectivity index is 1.95. The van der Waals surface area contributed by atoms with Gasteiger partial charge in [-0.25, -0.2) is 0 Å². The molecule has 0 bridgehead atoms. The molecule has 0 spiro atoms. The van der Waals surface area contributed by atoms with E-state index in [4.69, 9.17) is 17.3 Å². The van der Waals surface area contributed by atoms with Crippen molar-refractivity contribution in [3.8, 4) is 0 Å². The minimum Gasteiger partial charge on any atom is -0.368 e. The molecule has 122 valence electrons. The highest BCUT2D eigenvalue weighted by atomic mass is 35.5. The molecule has 0 heterocycles. The van der Waals surface area contributed by atoms with Crippen LogP contribution < -0.4 is 11.1 Å². The zero-order chi connectivity index (χ0) is 17.4. The molecule has 0 saturated heterocycles. The van der Waals surface area contributed by atoms with Crippen molar-refractivity contribution >= 4 is 35.3 Å². The van der Waals surface area contributed by atoms with E-state index in [1.807, 2.05) is 42.5 Å². The standard InChI is InChI=1S/C18H17ClN4O/c1-13(15-8-10-16(19)11-9-15)22-23-18(20)21-17(24)12-7-14-5-3-2-4-6-14/h2-12H,1H3,(H3,20,21,23,24)/b12-7+,22-13-. The predicted octanol–water partition coefficient (Wildman–Crippen LogP) is 3.21. The second-order valence-electron chi connectivity index (χ2n) is 4.91. The summed E-state index contributed by atoms with van der Waals surface area (Å²) in [6, 6.07) is 16.6. The van der Waals surface area contributed by atoms with Gasteiger partial charge in [0, 0.05) is 11.1 Å². The number of amides is 1. The molecular weight excluding hydrogens is 324 g/mol. The van der Waals surface area contributed by atoms with E-state index in [1.165, 1.54) is 6.08 Å². The van der Waals surface area contributed by atoms with Crippen LogP contribution in [0.5, 0.6) is 0 Å². The molecule has 0 unspecified atom stereocenters. The number of carbonyl (C=O) groups is 1. The van der Waals surface area contributed by atoms with Crippen molar-refractivity contribution in [2.24, 2.45) is 15.9 Å². The first-order chi connectivity index (χ1) is 11.5. The lowest BCUT2D eigenvalue weighted by Gasteiger charge is -2.01. The Kier molecular flexibility index (Phi) is 6.28. The molecule has 0 saturated carbocycles. The molecule has 1 amide bonds. The van der Waals surface area contributed by atoms with Crippen LogP contribution >= 0.6 is 11.6 Å². The van der Waals surface area contributed by atoms with Gasteiger partial charge < -0.3 is 5.73 Å². The topological polar surface area (TPSA) is 79.8 Å². The van der Waals surface area contributed by atoms with Gasteiger partial charge in [0.15, 0.2) is 0 Å². The summed E-state index contributed by atoms with van der Waals surface area (Å²) in [5.74, 6) is -0.453. The fraction of sp³-hybridized carbons (Fsp3) is 0.0556. The summed E-state index contributed by atoms with van der Waals surface area (Å²) < 4.78 is 0. The molecule has 24 heavy (non-hydrogen) atoms. The lowest BCUT2D eigenvalue weighted by molar-refractivity contribution is -0.115. The van der Waals surface area contributed by atoms with Crippen LogP contribution in [0.4, 0.5) is 0 Å². The van der Waals surface area contributed by atoms with E-state index < -0.39 is 0 Å². The lowest BCUT2D eigenvalue weighted by Crippen LogP contribution is -2.35. The highest BCUT2D eigenvalue weighted by molar-refractivity contribution is 6.30. The third-order valence-corrected chi connectivity index (χ3v) is 3.30. The summed E-state index contributed by atoms with van der Waals surface area (Å²) in [4.78, 5) is 11.8. The highest BCUT2D eigenvalue weighted by Gasteiger charge is 2.00. The summed E-state index contributed by atoms with van der Waals surface area (Å²) >= 11 is 5.83. The number of halogens is 1. The van der Waals surface area contributed by atoms with Gasteiger partial charge in [-0.05, 0) is 36.3 Å². The zero-order valence-corrected chi connectivity index (χ0v) is 13.9. The largest absolute Gasteiger partial charge is 0.368 e. The monoisotopic (exact) mass is 340 g/mol. The van der Waals surface area contributed by atoms with Crippen molar-refractivity contribution in [2.75, 3.05) is 0 Å². The normalized spacial score (nSPS) is 12.4. The number of guanidine groups is 1. The van der Waals surface area contributed by atoms with Gasteiger partial charge in [0.25, 0.3) is 5.91 Å². The number of rotatable bonds is 4. The van der Waals surface area contributed by atoms with E-state index in [1.54, 1.807) is 25.1 Å². The van der Waals surface area contributed by atoms with Gasteiger partial charge in [-0.15, -0.1) is 5.10 Å². The van der Waals surface area contributed by atoms with Crippen molar-refractivity contribution in [3.05, 3.63) is 76.8 Å². The van der Waals surface area contributed by atoms with Crippen molar-refractivity contribution in [3.63, 3.8) is 0 Å². The Bertz CT molecular complexity index is 780. The van der Waals surface area contributed by atoms with Gasteiger partial charge in [0.2, 0.25) is 5.96 Å². The number of carbonyl (C=O) groups excluding carboxylic acids is 1. The first-order valence-electron chi connectivity index (χ1n) is 7.22. The second kappa shape index (κ2) is 8.64. The summed E-state index contributed by atoms with van der Waals surface area (Å²) in [5, 5.41) is 10.9. The molecule has 0 aliphatic heterocycles. The van der Waals surface area contributed by atoms with Crippen LogP contribution in [-0.2, 0) is 4.79 Å². The second-order valence-corrected chi connectivity index (χ2v) is 5.35. The Labute approximate surface area is 145 Å². The zero-order valence-electron chi connectivity index (χ0n) is 13.1. The number of nitrogens with two attached hydrogens (primary N) is 1. The van der Waals surface area contributed by atoms with Gasteiger partial charge in [-0.2, -0.15) is 5.10 Å².